The number of nitrogens with zero attached hydrogens (tertiary/aromatic N) is 4. The van der Waals surface area contributed by atoms with Crippen LogP contribution in [0, 0.1) is 11.8 Å². The molecule has 2 aliphatic rings. The third kappa shape index (κ3) is 4.69. The van der Waals surface area contributed by atoms with Crippen molar-refractivity contribution < 1.29 is 14.6 Å². The van der Waals surface area contributed by atoms with E-state index in [0.29, 0.717) is 66.8 Å². The van der Waals surface area contributed by atoms with Gasteiger partial charge in [-0.25, -0.2) is 9.97 Å². The molecule has 1 amide bonds. The highest BCUT2D eigenvalue weighted by Gasteiger charge is 2.31. The van der Waals surface area contributed by atoms with E-state index in [-0.39, 0.29) is 18.6 Å². The van der Waals surface area contributed by atoms with E-state index < -0.39 is 0 Å². The monoisotopic (exact) mass is 443 g/mol. The van der Waals surface area contributed by atoms with Crippen LogP contribution in [0.5, 0.6) is 0 Å². The second-order valence-corrected chi connectivity index (χ2v) is 7.93. The van der Waals surface area contributed by atoms with Gasteiger partial charge in [-0.2, -0.15) is 0 Å². The van der Waals surface area contributed by atoms with E-state index in [0.717, 1.165) is 18.7 Å². The second kappa shape index (κ2) is 9.69. The summed E-state index contributed by atoms with van der Waals surface area (Å²) in [6, 6.07) is 3.54. The van der Waals surface area contributed by atoms with Gasteiger partial charge in [-0.1, -0.05) is 23.4 Å². The van der Waals surface area contributed by atoms with Gasteiger partial charge in [0, 0.05) is 44.9 Å². The molecular weight excluding hydrogens is 418 g/mol. The number of amides is 1. The van der Waals surface area contributed by atoms with Crippen LogP contribution >= 0.6 is 11.6 Å². The molecule has 4 rings (SSSR count). The van der Waals surface area contributed by atoms with Crippen LogP contribution in [0.1, 0.15) is 25.3 Å². The number of hydrogen-bond donors (Lipinski definition) is 2. The molecule has 3 heterocycles. The maximum Gasteiger partial charge on any atom is 0.251 e. The highest BCUT2D eigenvalue weighted by atomic mass is 35.5. The van der Waals surface area contributed by atoms with Gasteiger partial charge in [0.2, 0.25) is 0 Å². The molecule has 0 bridgehead atoms. The zero-order chi connectivity index (χ0) is 21.8. The number of piperazine rings is 1. The smallest absolute Gasteiger partial charge is 0.251 e. The van der Waals surface area contributed by atoms with E-state index in [9.17, 15) is 4.79 Å². The van der Waals surface area contributed by atoms with Crippen molar-refractivity contribution >= 4 is 40.2 Å². The van der Waals surface area contributed by atoms with Gasteiger partial charge in [-0.3, -0.25) is 4.79 Å². The Morgan fingerprint density at radius 3 is 2.74 bits per heavy atom. The Balaban J connectivity index is 1.59. The number of nitrogens with one attached hydrogen (secondary N) is 1. The van der Waals surface area contributed by atoms with Crippen LogP contribution in [0.4, 0.5) is 11.6 Å². The molecule has 1 aromatic heterocycles. The number of aromatic nitrogens is 2. The van der Waals surface area contributed by atoms with Gasteiger partial charge in [0.25, 0.3) is 5.91 Å². The van der Waals surface area contributed by atoms with Gasteiger partial charge >= 0.3 is 0 Å². The number of carbonyl (C=O) groups is 1. The first kappa shape index (κ1) is 21.6. The number of aliphatic hydroxyl groups excluding tert-OH is 1. The van der Waals surface area contributed by atoms with Gasteiger partial charge in [0.15, 0.2) is 11.6 Å². The van der Waals surface area contributed by atoms with E-state index in [1.165, 1.54) is 0 Å². The standard InChI is InChI=1S/C22H26ClN5O3/c1-2-24-20-21(26-17-13-15(5-3-11-29)16(23)14-18(17)25-20)27-7-9-28(10-8-27)22(30)19-6-4-12-31-19/h13-14,19,29H,2,4,6-12H2,1H3,(H,24,25)/t19-/m1/s1. The molecule has 2 aliphatic heterocycles. The summed E-state index contributed by atoms with van der Waals surface area (Å²) in [6.45, 7) is 5.73. The largest absolute Gasteiger partial charge is 0.384 e. The van der Waals surface area contributed by atoms with Crippen molar-refractivity contribution in [3.63, 3.8) is 0 Å². The zero-order valence-electron chi connectivity index (χ0n) is 17.5. The minimum Gasteiger partial charge on any atom is -0.384 e. The summed E-state index contributed by atoms with van der Waals surface area (Å²) in [4.78, 5) is 26.3. The zero-order valence-corrected chi connectivity index (χ0v) is 18.3. The van der Waals surface area contributed by atoms with Crippen LogP contribution in [-0.2, 0) is 9.53 Å². The Labute approximate surface area is 186 Å². The molecule has 0 aliphatic carbocycles. The molecule has 0 radical (unpaired) electrons. The Hall–Kier alpha value is -2.60. The summed E-state index contributed by atoms with van der Waals surface area (Å²) in [6.07, 6.45) is 1.47. The molecular formula is C22H26ClN5O3. The maximum atomic E-state index is 12.6. The van der Waals surface area contributed by atoms with Crippen LogP contribution in [-0.4, -0.2) is 77.9 Å². The number of halogens is 1. The van der Waals surface area contributed by atoms with Crippen molar-refractivity contribution in [2.45, 2.75) is 25.9 Å². The summed E-state index contributed by atoms with van der Waals surface area (Å²) in [5, 5.41) is 12.7. The van der Waals surface area contributed by atoms with Crippen molar-refractivity contribution in [3.05, 3.63) is 22.7 Å². The third-order valence-electron chi connectivity index (χ3n) is 5.48. The van der Waals surface area contributed by atoms with E-state index in [1.54, 1.807) is 12.1 Å². The van der Waals surface area contributed by atoms with Gasteiger partial charge in [-0.15, -0.1) is 0 Å². The van der Waals surface area contributed by atoms with Gasteiger partial charge in [-0.05, 0) is 31.9 Å². The summed E-state index contributed by atoms with van der Waals surface area (Å²) in [5.74, 6) is 7.01. The topological polar surface area (TPSA) is 90.8 Å². The van der Waals surface area contributed by atoms with E-state index in [4.69, 9.17) is 31.4 Å². The molecule has 9 heteroatoms. The molecule has 1 aromatic carbocycles. The number of aliphatic hydroxyl groups is 1. The lowest BCUT2D eigenvalue weighted by Crippen LogP contribution is -2.51. The fourth-order valence-corrected chi connectivity index (χ4v) is 4.12. The van der Waals surface area contributed by atoms with Crippen molar-refractivity contribution in [1.29, 1.82) is 0 Å². The predicted octanol–water partition coefficient (Wildman–Crippen LogP) is 1.89. The first-order valence-corrected chi connectivity index (χ1v) is 11.0. The number of carbonyl (C=O) groups excluding carboxylic acids is 1. The Bertz CT molecular complexity index is 1020. The van der Waals surface area contributed by atoms with Gasteiger partial charge in [0.1, 0.15) is 12.7 Å². The molecule has 8 nitrogen and oxygen atoms in total. The number of hydrogen-bond acceptors (Lipinski definition) is 7. The maximum absolute atomic E-state index is 12.6. The fraction of sp³-hybridized carbons (Fsp3) is 0.500. The van der Waals surface area contributed by atoms with Crippen LogP contribution in [0.15, 0.2) is 12.1 Å². The predicted molar refractivity (Wildman–Crippen MR) is 120 cm³/mol. The number of benzene rings is 1. The summed E-state index contributed by atoms with van der Waals surface area (Å²) < 4.78 is 5.55. The quantitative estimate of drug-likeness (QED) is 0.697. The molecule has 164 valence electrons. The normalized spacial score (nSPS) is 18.7. The lowest BCUT2D eigenvalue weighted by Gasteiger charge is -2.36. The lowest BCUT2D eigenvalue weighted by atomic mass is 10.2. The van der Waals surface area contributed by atoms with E-state index in [1.807, 2.05) is 11.8 Å². The number of fused-ring (bicyclic) bond motifs is 1. The molecule has 0 spiro atoms. The number of ether oxygens (including phenoxy) is 1. The summed E-state index contributed by atoms with van der Waals surface area (Å²) in [7, 11) is 0. The fourth-order valence-electron chi connectivity index (χ4n) is 3.92. The molecule has 0 saturated carbocycles. The van der Waals surface area contributed by atoms with E-state index >= 15 is 0 Å². The van der Waals surface area contributed by atoms with Crippen molar-refractivity contribution in [2.24, 2.45) is 0 Å². The minimum atomic E-state index is -0.285. The van der Waals surface area contributed by atoms with E-state index in [2.05, 4.69) is 22.1 Å². The third-order valence-corrected chi connectivity index (χ3v) is 5.79. The average Bonchev–Trinajstić information content (AvgIpc) is 3.32. The molecule has 2 fully saturated rings. The number of anilines is 2. The SMILES string of the molecule is CCNc1nc2cc(Cl)c(C#CCO)cc2nc1N1CCN(C(=O)[C@H]2CCCO2)CC1. The van der Waals surface area contributed by atoms with Crippen molar-refractivity contribution in [3.8, 4) is 11.8 Å². The molecule has 1 atom stereocenters. The molecule has 0 unspecified atom stereocenters. The first-order chi connectivity index (χ1) is 15.1. The molecule has 2 aromatic rings. The lowest BCUT2D eigenvalue weighted by molar-refractivity contribution is -0.141. The first-order valence-electron chi connectivity index (χ1n) is 10.6. The minimum absolute atomic E-state index is 0.0930. The van der Waals surface area contributed by atoms with Crippen molar-refractivity contribution in [1.82, 2.24) is 14.9 Å². The van der Waals surface area contributed by atoms with Crippen LogP contribution in [0.3, 0.4) is 0 Å². The van der Waals surface area contributed by atoms with Gasteiger partial charge < -0.3 is 25.0 Å². The summed E-state index contributed by atoms with van der Waals surface area (Å²) >= 11 is 6.33. The molecule has 31 heavy (non-hydrogen) atoms. The Morgan fingerprint density at radius 1 is 1.29 bits per heavy atom. The van der Waals surface area contributed by atoms with Crippen LogP contribution in [0.2, 0.25) is 5.02 Å². The summed E-state index contributed by atoms with van der Waals surface area (Å²) in [5.41, 5.74) is 1.96. The number of rotatable bonds is 4. The van der Waals surface area contributed by atoms with Crippen LogP contribution in [0.25, 0.3) is 11.0 Å². The van der Waals surface area contributed by atoms with Crippen LogP contribution < -0.4 is 10.2 Å². The second-order valence-electron chi connectivity index (χ2n) is 7.52. The Kier molecular flexibility index (Phi) is 6.76. The Morgan fingerprint density at radius 2 is 2.06 bits per heavy atom. The van der Waals surface area contributed by atoms with Crippen molar-refractivity contribution in [2.75, 3.05) is 56.2 Å². The average molecular weight is 444 g/mol. The molecule has 2 N–H and O–H groups in total. The van der Waals surface area contributed by atoms with Gasteiger partial charge in [0.05, 0.1) is 16.1 Å². The highest BCUT2D eigenvalue weighted by Crippen LogP contribution is 2.29. The molecule has 2 saturated heterocycles. The highest BCUT2D eigenvalue weighted by molar-refractivity contribution is 6.32.